The molecule has 0 radical (unpaired) electrons. The summed E-state index contributed by atoms with van der Waals surface area (Å²) in [6, 6.07) is -2.24. The monoisotopic (exact) mass is 519 g/mol. The number of nitrogens with zero attached hydrogens (tertiary/aromatic N) is 1. The summed E-state index contributed by atoms with van der Waals surface area (Å²) in [6.07, 6.45) is 8.54. The lowest BCUT2D eigenvalue weighted by Crippen LogP contribution is -2.57. The zero-order valence-corrected chi connectivity index (χ0v) is 23.3. The van der Waals surface area contributed by atoms with E-state index in [0.29, 0.717) is 19.4 Å². The van der Waals surface area contributed by atoms with Gasteiger partial charge in [-0.15, -0.1) is 0 Å². The lowest BCUT2D eigenvalue weighted by Gasteiger charge is -2.34. The highest BCUT2D eigenvalue weighted by molar-refractivity contribution is 5.94. The van der Waals surface area contributed by atoms with E-state index in [1.807, 2.05) is 0 Å². The minimum atomic E-state index is -0.798. The van der Waals surface area contributed by atoms with Crippen LogP contribution in [-0.4, -0.2) is 65.7 Å². The maximum atomic E-state index is 13.8. The molecule has 0 aromatic carbocycles. The summed E-state index contributed by atoms with van der Waals surface area (Å²) in [5.41, 5.74) is -0.768. The van der Waals surface area contributed by atoms with Gasteiger partial charge < -0.3 is 25.0 Å². The van der Waals surface area contributed by atoms with Crippen LogP contribution in [0.3, 0.4) is 0 Å². The SMILES string of the molecule is CCOC(=O)[C@@H]1CCCCC=CCCC[C@H](NC(=O)OC(C)(C)C)C(=O)N2C[C@H]3[C@@H]([C@H]2C(=O)N1)C3(C)C. The third-order valence-corrected chi connectivity index (χ3v) is 7.78. The maximum Gasteiger partial charge on any atom is 0.408 e. The van der Waals surface area contributed by atoms with Crippen molar-refractivity contribution in [3.05, 3.63) is 12.2 Å². The summed E-state index contributed by atoms with van der Waals surface area (Å²) in [4.78, 5) is 54.3. The van der Waals surface area contributed by atoms with E-state index in [2.05, 4.69) is 36.6 Å². The van der Waals surface area contributed by atoms with Gasteiger partial charge in [-0.05, 0) is 83.5 Å². The molecule has 3 amide bonds. The van der Waals surface area contributed by atoms with Crippen LogP contribution in [0, 0.1) is 17.3 Å². The molecule has 0 unspecified atom stereocenters. The van der Waals surface area contributed by atoms with Crippen molar-refractivity contribution in [3.63, 3.8) is 0 Å². The van der Waals surface area contributed by atoms with E-state index in [-0.39, 0.29) is 35.7 Å². The molecule has 9 heteroatoms. The van der Waals surface area contributed by atoms with Gasteiger partial charge in [0.1, 0.15) is 23.7 Å². The quantitative estimate of drug-likeness (QED) is 0.434. The second-order valence-corrected chi connectivity index (χ2v) is 12.1. The topological polar surface area (TPSA) is 114 Å². The second kappa shape index (κ2) is 11.9. The number of hydrogen-bond donors (Lipinski definition) is 2. The number of allylic oxidation sites excluding steroid dienone is 2. The zero-order chi connectivity index (χ0) is 27.4. The Bertz CT molecular complexity index is 893. The summed E-state index contributed by atoms with van der Waals surface area (Å²) in [5, 5.41) is 5.69. The molecular formula is C28H45N3O6. The first kappa shape index (κ1) is 29.0. The zero-order valence-electron chi connectivity index (χ0n) is 23.3. The highest BCUT2D eigenvalue weighted by atomic mass is 16.6. The molecule has 2 aliphatic heterocycles. The fourth-order valence-electron chi connectivity index (χ4n) is 5.76. The lowest BCUT2D eigenvalue weighted by molar-refractivity contribution is -0.149. The molecule has 208 valence electrons. The number of rotatable bonds is 3. The van der Waals surface area contributed by atoms with Crippen LogP contribution in [0.15, 0.2) is 12.2 Å². The van der Waals surface area contributed by atoms with Gasteiger partial charge in [-0.2, -0.15) is 0 Å². The molecule has 2 fully saturated rings. The average Bonchev–Trinajstić information content (AvgIpc) is 3.13. The van der Waals surface area contributed by atoms with Crippen molar-refractivity contribution < 1.29 is 28.7 Å². The van der Waals surface area contributed by atoms with E-state index in [1.165, 1.54) is 0 Å². The maximum absolute atomic E-state index is 13.8. The molecule has 1 aliphatic carbocycles. The van der Waals surface area contributed by atoms with Crippen molar-refractivity contribution in [1.29, 1.82) is 0 Å². The molecule has 1 saturated carbocycles. The van der Waals surface area contributed by atoms with Gasteiger partial charge in [0.25, 0.3) is 0 Å². The molecule has 0 aromatic heterocycles. The molecule has 2 heterocycles. The number of alkyl carbamates (subject to hydrolysis) is 1. The van der Waals surface area contributed by atoms with E-state index in [4.69, 9.17) is 9.47 Å². The normalized spacial score (nSPS) is 30.5. The van der Waals surface area contributed by atoms with Crippen molar-refractivity contribution in [2.24, 2.45) is 17.3 Å². The number of carbonyl (C=O) groups excluding carboxylic acids is 4. The highest BCUT2D eigenvalue weighted by Gasteiger charge is 2.69. The van der Waals surface area contributed by atoms with Crippen molar-refractivity contribution in [1.82, 2.24) is 15.5 Å². The van der Waals surface area contributed by atoms with Gasteiger partial charge in [-0.1, -0.05) is 32.4 Å². The minimum absolute atomic E-state index is 0.00305. The number of esters is 1. The number of ether oxygens (including phenoxy) is 2. The summed E-state index contributed by atoms with van der Waals surface area (Å²) in [6.45, 7) is 12.0. The van der Waals surface area contributed by atoms with Crippen molar-refractivity contribution in [3.8, 4) is 0 Å². The Morgan fingerprint density at radius 3 is 2.43 bits per heavy atom. The molecule has 3 aliphatic rings. The van der Waals surface area contributed by atoms with Crippen molar-refractivity contribution in [2.75, 3.05) is 13.2 Å². The number of carbonyl (C=O) groups is 4. The molecule has 9 nitrogen and oxygen atoms in total. The Hall–Kier alpha value is -2.58. The van der Waals surface area contributed by atoms with Crippen LogP contribution in [0.2, 0.25) is 0 Å². The Kier molecular flexibility index (Phi) is 9.29. The molecule has 0 aromatic rings. The largest absolute Gasteiger partial charge is 0.464 e. The van der Waals surface area contributed by atoms with Crippen LogP contribution in [0.4, 0.5) is 4.79 Å². The van der Waals surface area contributed by atoms with E-state index < -0.39 is 35.8 Å². The summed E-state index contributed by atoms with van der Waals surface area (Å²) >= 11 is 0. The Morgan fingerprint density at radius 1 is 1.11 bits per heavy atom. The molecule has 5 atom stereocenters. The van der Waals surface area contributed by atoms with Gasteiger partial charge in [0, 0.05) is 6.54 Å². The molecule has 37 heavy (non-hydrogen) atoms. The number of nitrogens with one attached hydrogen (secondary N) is 2. The van der Waals surface area contributed by atoms with Crippen LogP contribution in [0.5, 0.6) is 0 Å². The highest BCUT2D eigenvalue weighted by Crippen LogP contribution is 2.64. The summed E-state index contributed by atoms with van der Waals surface area (Å²) in [5.74, 6) is -0.853. The third-order valence-electron chi connectivity index (χ3n) is 7.78. The van der Waals surface area contributed by atoms with Gasteiger partial charge >= 0.3 is 12.1 Å². The molecule has 1 saturated heterocycles. The van der Waals surface area contributed by atoms with E-state index in [0.717, 1.165) is 32.1 Å². The second-order valence-electron chi connectivity index (χ2n) is 12.1. The van der Waals surface area contributed by atoms with Gasteiger partial charge in [0.2, 0.25) is 11.8 Å². The number of amides is 3. The van der Waals surface area contributed by atoms with Crippen LogP contribution in [0.1, 0.15) is 86.5 Å². The van der Waals surface area contributed by atoms with Gasteiger partial charge in [-0.3, -0.25) is 9.59 Å². The number of hydrogen-bond acceptors (Lipinski definition) is 6. The Balaban J connectivity index is 1.87. The first-order chi connectivity index (χ1) is 17.4. The van der Waals surface area contributed by atoms with E-state index in [1.54, 1.807) is 32.6 Å². The molecule has 0 bridgehead atoms. The minimum Gasteiger partial charge on any atom is -0.464 e. The number of piperidine rings is 1. The van der Waals surface area contributed by atoms with E-state index >= 15 is 0 Å². The first-order valence-electron chi connectivity index (χ1n) is 13.8. The van der Waals surface area contributed by atoms with Gasteiger partial charge in [0.15, 0.2) is 0 Å². The Labute approximate surface area is 221 Å². The fourth-order valence-corrected chi connectivity index (χ4v) is 5.76. The van der Waals surface area contributed by atoms with Gasteiger partial charge in [-0.25, -0.2) is 9.59 Å². The van der Waals surface area contributed by atoms with Crippen LogP contribution in [-0.2, 0) is 23.9 Å². The summed E-state index contributed by atoms with van der Waals surface area (Å²) in [7, 11) is 0. The molecule has 0 spiro atoms. The van der Waals surface area contributed by atoms with E-state index in [9.17, 15) is 19.2 Å². The fraction of sp³-hybridized carbons (Fsp3) is 0.786. The van der Waals surface area contributed by atoms with Gasteiger partial charge in [0.05, 0.1) is 6.61 Å². The molecule has 3 rings (SSSR count). The smallest absolute Gasteiger partial charge is 0.408 e. The Morgan fingerprint density at radius 2 is 1.78 bits per heavy atom. The third kappa shape index (κ3) is 7.26. The van der Waals surface area contributed by atoms with Crippen LogP contribution >= 0.6 is 0 Å². The van der Waals surface area contributed by atoms with Crippen molar-refractivity contribution >= 4 is 23.9 Å². The van der Waals surface area contributed by atoms with Crippen LogP contribution < -0.4 is 10.6 Å². The number of fused-ring (bicyclic) bond motifs is 3. The predicted molar refractivity (Wildman–Crippen MR) is 139 cm³/mol. The summed E-state index contributed by atoms with van der Waals surface area (Å²) < 4.78 is 10.7. The molecular weight excluding hydrogens is 474 g/mol. The van der Waals surface area contributed by atoms with Crippen LogP contribution in [0.25, 0.3) is 0 Å². The average molecular weight is 520 g/mol. The standard InChI is InChI=1S/C28H45N3O6/c1-7-36-25(34)20-16-14-12-10-8-9-11-13-15-19(30-26(35)37-27(2,3)4)24(33)31-17-18-21(28(18,5)6)22(31)23(32)29-20/h8-9,18-22H,7,10-17H2,1-6H3,(H,29,32)(H,30,35)/t18-,19-,20-,21-,22-/m0/s1. The predicted octanol–water partition coefficient (Wildman–Crippen LogP) is 3.71. The lowest BCUT2D eigenvalue weighted by atomic mass is 9.98. The first-order valence-corrected chi connectivity index (χ1v) is 13.8. The van der Waals surface area contributed by atoms with Crippen molar-refractivity contribution in [2.45, 2.75) is 110 Å². The molecule has 2 N–H and O–H groups in total.